The zero-order valence-corrected chi connectivity index (χ0v) is 19.7. The van der Waals surface area contributed by atoms with E-state index in [0.29, 0.717) is 6.61 Å². The maximum Gasteiger partial charge on any atom is 0.451 e. The number of carboxylic acid groups (broad SMARTS) is 1. The van der Waals surface area contributed by atoms with Crippen LogP contribution in [-0.2, 0) is 19.0 Å². The number of quaternary nitrogens is 1. The Balaban J connectivity index is 0. The molecule has 3 N–H and O–H groups in total. The molecule has 0 bridgehead atoms. The van der Waals surface area contributed by atoms with Crippen LogP contribution >= 0.6 is 0 Å². The first-order valence-corrected chi connectivity index (χ1v) is 9.83. The molecule has 0 aromatic heterocycles. The van der Waals surface area contributed by atoms with Gasteiger partial charge >= 0.3 is 12.0 Å². The smallest absolute Gasteiger partial charge is 0.451 e. The maximum atomic E-state index is 11.9. The largest absolute Gasteiger partial charge is 0.481 e. The van der Waals surface area contributed by atoms with Crippen LogP contribution in [0.4, 0.5) is 4.79 Å². The van der Waals surface area contributed by atoms with Crippen molar-refractivity contribution in [1.82, 2.24) is 0 Å². The molecule has 0 radical (unpaired) electrons. The van der Waals surface area contributed by atoms with Crippen molar-refractivity contribution in [2.75, 3.05) is 35.0 Å². The van der Waals surface area contributed by atoms with Gasteiger partial charge in [0.1, 0.15) is 12.0 Å². The Morgan fingerprint density at radius 2 is 1.93 bits per heavy atom. The highest BCUT2D eigenvalue weighted by Crippen LogP contribution is 2.29. The fraction of sp³-hybridized carbons (Fsp3) is 0.667. The van der Waals surface area contributed by atoms with E-state index in [1.807, 2.05) is 13.8 Å². The monoisotopic (exact) mass is 430 g/mol. The molecule has 0 aromatic rings. The molecule has 3 unspecified atom stereocenters. The fourth-order valence-corrected chi connectivity index (χ4v) is 2.25. The summed E-state index contributed by atoms with van der Waals surface area (Å²) in [7, 11) is 6.68. The Kier molecular flexibility index (Phi) is 14.9. The number of nitrogens with two attached hydrogens (primary N) is 1. The third-order valence-corrected chi connectivity index (χ3v) is 4.29. The van der Waals surface area contributed by atoms with E-state index in [1.165, 1.54) is 6.08 Å². The highest BCUT2D eigenvalue weighted by Gasteiger charge is 2.45. The molecule has 9 nitrogen and oxygen atoms in total. The van der Waals surface area contributed by atoms with Gasteiger partial charge < -0.3 is 25.1 Å². The summed E-state index contributed by atoms with van der Waals surface area (Å²) in [5.74, 6) is -0.593. The number of hydrogen-bond acceptors (Lipinski definition) is 6. The number of rotatable bonds is 5. The molecule has 0 aromatic carbocycles. The van der Waals surface area contributed by atoms with Crippen LogP contribution in [0, 0.1) is 5.41 Å². The highest BCUT2D eigenvalue weighted by atomic mass is 16.6. The molecule has 174 valence electrons. The van der Waals surface area contributed by atoms with E-state index < -0.39 is 11.4 Å². The van der Waals surface area contributed by atoms with Crippen LogP contribution in [0.25, 0.3) is 0 Å². The second-order valence-corrected chi connectivity index (χ2v) is 7.17. The van der Waals surface area contributed by atoms with E-state index in [1.54, 1.807) is 54.5 Å². The van der Waals surface area contributed by atoms with Gasteiger partial charge in [-0.1, -0.05) is 19.9 Å². The first-order valence-electron chi connectivity index (χ1n) is 9.83. The number of carboxylic acids is 1. The van der Waals surface area contributed by atoms with E-state index in [9.17, 15) is 9.59 Å². The van der Waals surface area contributed by atoms with Crippen molar-refractivity contribution in [3.8, 4) is 0 Å². The normalized spacial score (nSPS) is 24.8. The molecule has 2 aliphatic heterocycles. The molecule has 0 saturated carbocycles. The maximum absolute atomic E-state index is 11.9. The molecule has 9 heteroatoms. The standard InChI is InChI=1S/C11H17N3O3.C6H10O2.C2H6O.C2H6/c1-14(6-5-9(12)13-11(14)15)10-4-3-8(17-10)7-16-2;1-4-6(2,3)5(7)8;1-3-2;1-2/h5-6,8,10H,3-4,7H2,1-2H3,(H-,12,13,15);4H,1H2,2-3H3,(H,7,8);1-2H3;1-2H3/p+1. The number of nitrogens with zero attached hydrogens (tertiary/aromatic N) is 2. The highest BCUT2D eigenvalue weighted by molar-refractivity contribution is 5.99. The number of carbonyl (C=O) groups is 2. The first kappa shape index (κ1) is 30.1. The van der Waals surface area contributed by atoms with E-state index in [-0.39, 0.29) is 28.7 Å². The summed E-state index contributed by atoms with van der Waals surface area (Å²) < 4.78 is 15.1. The topological polar surface area (TPSA) is 120 Å². The van der Waals surface area contributed by atoms with Gasteiger partial charge in [-0.05, 0) is 20.3 Å². The van der Waals surface area contributed by atoms with E-state index >= 15 is 0 Å². The van der Waals surface area contributed by atoms with Crippen molar-refractivity contribution in [2.45, 2.75) is 52.9 Å². The summed E-state index contributed by atoms with van der Waals surface area (Å²) in [6, 6.07) is -0.284. The Hall–Kier alpha value is -2.07. The Morgan fingerprint density at radius 3 is 2.30 bits per heavy atom. The molecule has 1 fully saturated rings. The molecule has 0 aliphatic carbocycles. The summed E-state index contributed by atoms with van der Waals surface area (Å²) in [6.45, 7) is 11.1. The van der Waals surface area contributed by atoms with Crippen molar-refractivity contribution < 1.29 is 33.4 Å². The van der Waals surface area contributed by atoms with Gasteiger partial charge in [0, 0.05) is 33.8 Å². The minimum atomic E-state index is -0.840. The summed E-state index contributed by atoms with van der Waals surface area (Å²) in [5, 5.41) is 8.37. The van der Waals surface area contributed by atoms with Gasteiger partial charge in [-0.3, -0.25) is 4.79 Å². The average Bonchev–Trinajstić information content (AvgIpc) is 3.17. The van der Waals surface area contributed by atoms with Crippen molar-refractivity contribution in [2.24, 2.45) is 16.1 Å². The molecule has 2 aliphatic rings. The minimum absolute atomic E-state index is 0.0287. The predicted molar refractivity (Wildman–Crippen MR) is 118 cm³/mol. The Morgan fingerprint density at radius 1 is 1.40 bits per heavy atom. The quantitative estimate of drug-likeness (QED) is 0.508. The summed E-state index contributed by atoms with van der Waals surface area (Å²) in [5.41, 5.74) is 4.71. The van der Waals surface area contributed by atoms with Gasteiger partial charge in [-0.2, -0.15) is 4.48 Å². The second-order valence-electron chi connectivity index (χ2n) is 7.17. The molecule has 2 amide bonds. The van der Waals surface area contributed by atoms with Crippen LogP contribution in [-0.4, -0.2) is 74.7 Å². The van der Waals surface area contributed by atoms with Gasteiger partial charge in [0.2, 0.25) is 6.23 Å². The van der Waals surface area contributed by atoms with Crippen molar-refractivity contribution in [3.05, 3.63) is 24.9 Å². The Labute approximate surface area is 180 Å². The lowest BCUT2D eigenvalue weighted by molar-refractivity contribution is -0.830. The van der Waals surface area contributed by atoms with Crippen LogP contribution in [0.1, 0.15) is 40.5 Å². The molecule has 2 heterocycles. The molecular weight excluding hydrogens is 390 g/mol. The van der Waals surface area contributed by atoms with Crippen molar-refractivity contribution in [3.63, 3.8) is 0 Å². The third kappa shape index (κ3) is 9.62. The predicted octanol–water partition coefficient (Wildman–Crippen LogP) is 3.16. The number of amidine groups is 1. The van der Waals surface area contributed by atoms with Crippen LogP contribution in [0.15, 0.2) is 29.9 Å². The molecule has 30 heavy (non-hydrogen) atoms. The number of hydrogen-bond donors (Lipinski definition) is 2. The number of aliphatic imine (C=N–C) groups is 1. The van der Waals surface area contributed by atoms with E-state index in [4.69, 9.17) is 20.3 Å². The van der Waals surface area contributed by atoms with Gasteiger partial charge in [-0.25, -0.2) is 4.79 Å². The Bertz CT molecular complexity index is 604. The van der Waals surface area contributed by atoms with E-state index in [0.717, 1.165) is 12.8 Å². The van der Waals surface area contributed by atoms with Gasteiger partial charge in [0.05, 0.1) is 25.2 Å². The number of carbonyl (C=O) groups excluding carboxylic acids is 1. The molecule has 3 atom stereocenters. The van der Waals surface area contributed by atoms with Crippen molar-refractivity contribution in [1.29, 1.82) is 0 Å². The third-order valence-electron chi connectivity index (χ3n) is 4.29. The molecule has 2 rings (SSSR count). The summed E-state index contributed by atoms with van der Waals surface area (Å²) in [6.07, 6.45) is 6.37. The number of aliphatic carboxylic acids is 1. The lowest BCUT2D eigenvalue weighted by atomic mass is 9.95. The van der Waals surface area contributed by atoms with Crippen LogP contribution in [0.3, 0.4) is 0 Å². The van der Waals surface area contributed by atoms with Crippen molar-refractivity contribution >= 4 is 17.8 Å². The van der Waals surface area contributed by atoms with Crippen LogP contribution < -0.4 is 5.73 Å². The average molecular weight is 431 g/mol. The number of amides is 2. The summed E-state index contributed by atoms with van der Waals surface area (Å²) >= 11 is 0. The van der Waals surface area contributed by atoms with Gasteiger partial charge in [-0.15, -0.1) is 11.6 Å². The van der Waals surface area contributed by atoms with Crippen LogP contribution in [0.5, 0.6) is 0 Å². The number of methoxy groups -OCH3 is 2. The zero-order chi connectivity index (χ0) is 24.0. The molecule has 0 spiro atoms. The molecular formula is C21H40N3O6+. The van der Waals surface area contributed by atoms with Crippen LogP contribution in [0.2, 0.25) is 0 Å². The number of ether oxygens (including phenoxy) is 3. The number of urea groups is 1. The summed E-state index contributed by atoms with van der Waals surface area (Å²) in [4.78, 5) is 25.9. The lowest BCUT2D eigenvalue weighted by Crippen LogP contribution is -2.53. The molecule has 1 saturated heterocycles. The fourth-order valence-electron chi connectivity index (χ4n) is 2.25. The minimum Gasteiger partial charge on any atom is -0.481 e. The first-order chi connectivity index (χ1) is 14.0. The van der Waals surface area contributed by atoms with Gasteiger partial charge in [0.25, 0.3) is 0 Å². The van der Waals surface area contributed by atoms with E-state index in [2.05, 4.69) is 16.3 Å². The lowest BCUT2D eigenvalue weighted by Gasteiger charge is -2.32. The zero-order valence-electron chi connectivity index (χ0n) is 19.7. The second kappa shape index (κ2) is 14.8. The van der Waals surface area contributed by atoms with Gasteiger partial charge in [0.15, 0.2) is 0 Å². The SMILES string of the molecule is C=CC(C)(C)C(=O)O.CC.COC.COCC1CCC([N+]2(C)C=CC(N)=NC2=O)O1.